The molecule has 6 heteroatoms. The number of benzene rings is 2. The molecule has 0 aromatic heterocycles. The fourth-order valence-electron chi connectivity index (χ4n) is 3.97. The Hall–Kier alpha value is -3.02. The monoisotopic (exact) mass is 379 g/mol. The Balaban J connectivity index is 1.42. The number of phenols is 1. The number of aryl methyl sites for hydroxylation is 1. The first kappa shape index (κ1) is 18.3. The Bertz CT molecular complexity index is 888. The zero-order valence-corrected chi connectivity index (χ0v) is 16.0. The second-order valence-corrected chi connectivity index (χ2v) is 7.60. The van der Waals surface area contributed by atoms with Crippen molar-refractivity contribution in [2.24, 2.45) is 5.92 Å². The molecule has 2 heterocycles. The van der Waals surface area contributed by atoms with Gasteiger partial charge in [0.25, 0.3) is 0 Å². The molecule has 2 amide bonds. The van der Waals surface area contributed by atoms with Crippen LogP contribution in [0.15, 0.2) is 42.5 Å². The van der Waals surface area contributed by atoms with Gasteiger partial charge < -0.3 is 20.2 Å². The summed E-state index contributed by atoms with van der Waals surface area (Å²) in [6, 6.07) is 12.9. The zero-order chi connectivity index (χ0) is 19.7. The molecule has 0 spiro atoms. The molecule has 2 fully saturated rings. The van der Waals surface area contributed by atoms with Crippen LogP contribution in [0.5, 0.6) is 5.75 Å². The highest BCUT2D eigenvalue weighted by molar-refractivity contribution is 6.03. The van der Waals surface area contributed by atoms with Crippen molar-refractivity contribution in [3.8, 4) is 5.75 Å². The van der Waals surface area contributed by atoms with Gasteiger partial charge in [-0.05, 0) is 67.8 Å². The summed E-state index contributed by atoms with van der Waals surface area (Å²) in [5.74, 6) is -0.427. The van der Waals surface area contributed by atoms with Crippen molar-refractivity contribution in [1.82, 2.24) is 0 Å². The molecule has 2 saturated heterocycles. The van der Waals surface area contributed by atoms with E-state index in [1.54, 1.807) is 17.0 Å². The summed E-state index contributed by atoms with van der Waals surface area (Å²) in [5, 5.41) is 12.4. The van der Waals surface area contributed by atoms with E-state index in [1.165, 1.54) is 24.6 Å². The van der Waals surface area contributed by atoms with Crippen molar-refractivity contribution in [3.05, 3.63) is 48.0 Å². The van der Waals surface area contributed by atoms with Crippen LogP contribution in [0.25, 0.3) is 0 Å². The highest BCUT2D eigenvalue weighted by Gasteiger charge is 2.35. The van der Waals surface area contributed by atoms with E-state index < -0.39 is 0 Å². The van der Waals surface area contributed by atoms with Gasteiger partial charge in [0.05, 0.1) is 5.92 Å². The number of hydrogen-bond donors (Lipinski definition) is 2. The topological polar surface area (TPSA) is 72.9 Å². The first-order chi connectivity index (χ1) is 13.5. The first-order valence-electron chi connectivity index (χ1n) is 9.77. The standard InChI is InChI=1S/C22H25N3O3/c1-15-12-19(26)8-9-20(15)23-22(28)16-13-21(27)25(14-16)18-6-4-17(5-7-18)24-10-2-3-11-24/h4-9,12,16,26H,2-3,10-11,13-14H2,1H3,(H,23,28). The van der Waals surface area contributed by atoms with Crippen LogP contribution in [0.1, 0.15) is 24.8 Å². The molecular formula is C22H25N3O3. The molecule has 0 bridgehead atoms. The van der Waals surface area contributed by atoms with Gasteiger partial charge in [-0.2, -0.15) is 0 Å². The van der Waals surface area contributed by atoms with Gasteiger partial charge in [-0.25, -0.2) is 0 Å². The van der Waals surface area contributed by atoms with Crippen LogP contribution in [-0.4, -0.2) is 36.6 Å². The molecule has 1 unspecified atom stereocenters. The van der Waals surface area contributed by atoms with Gasteiger partial charge in [0.2, 0.25) is 11.8 Å². The maximum Gasteiger partial charge on any atom is 0.229 e. The van der Waals surface area contributed by atoms with Crippen LogP contribution in [0.4, 0.5) is 17.1 Å². The maximum atomic E-state index is 12.6. The van der Waals surface area contributed by atoms with Crippen LogP contribution in [-0.2, 0) is 9.59 Å². The number of phenolic OH excluding ortho intramolecular Hbond substituents is 1. The number of carbonyl (C=O) groups is 2. The molecular weight excluding hydrogens is 354 g/mol. The molecule has 28 heavy (non-hydrogen) atoms. The zero-order valence-electron chi connectivity index (χ0n) is 16.0. The number of nitrogens with one attached hydrogen (secondary N) is 1. The molecule has 0 radical (unpaired) electrons. The van der Waals surface area contributed by atoms with Crippen LogP contribution in [0.3, 0.4) is 0 Å². The lowest BCUT2D eigenvalue weighted by Crippen LogP contribution is -2.28. The van der Waals surface area contributed by atoms with Crippen molar-refractivity contribution in [2.45, 2.75) is 26.2 Å². The quantitative estimate of drug-likeness (QED) is 0.800. The average Bonchev–Trinajstić information content (AvgIpc) is 3.34. The van der Waals surface area contributed by atoms with E-state index in [0.717, 1.165) is 24.3 Å². The highest BCUT2D eigenvalue weighted by atomic mass is 16.3. The summed E-state index contributed by atoms with van der Waals surface area (Å²) in [4.78, 5) is 29.2. The molecule has 2 aliphatic heterocycles. The minimum Gasteiger partial charge on any atom is -0.508 e. The molecule has 0 saturated carbocycles. The molecule has 2 aromatic rings. The lowest BCUT2D eigenvalue weighted by molar-refractivity contribution is -0.122. The average molecular weight is 379 g/mol. The normalized spacial score (nSPS) is 19.3. The van der Waals surface area contributed by atoms with Gasteiger partial charge in [-0.3, -0.25) is 9.59 Å². The summed E-state index contributed by atoms with van der Waals surface area (Å²) in [6.07, 6.45) is 2.66. The molecule has 0 aliphatic carbocycles. The van der Waals surface area contributed by atoms with Crippen molar-refractivity contribution in [3.63, 3.8) is 0 Å². The van der Waals surface area contributed by atoms with E-state index >= 15 is 0 Å². The molecule has 2 N–H and O–H groups in total. The lowest BCUT2D eigenvalue weighted by Gasteiger charge is -2.21. The molecule has 6 nitrogen and oxygen atoms in total. The van der Waals surface area contributed by atoms with Gasteiger partial charge in [-0.15, -0.1) is 0 Å². The van der Waals surface area contributed by atoms with Crippen molar-refractivity contribution < 1.29 is 14.7 Å². The predicted molar refractivity (Wildman–Crippen MR) is 110 cm³/mol. The van der Waals surface area contributed by atoms with Crippen molar-refractivity contribution in [2.75, 3.05) is 34.8 Å². The molecule has 1 atom stereocenters. The Morgan fingerprint density at radius 1 is 1.07 bits per heavy atom. The Kier molecular flexibility index (Phi) is 4.94. The number of aromatic hydroxyl groups is 1. The number of carbonyl (C=O) groups excluding carboxylic acids is 2. The second kappa shape index (κ2) is 7.54. The number of rotatable bonds is 4. The minimum atomic E-state index is -0.390. The van der Waals surface area contributed by atoms with Crippen molar-refractivity contribution >= 4 is 28.9 Å². The number of nitrogens with zero attached hydrogens (tertiary/aromatic N) is 2. The lowest BCUT2D eigenvalue weighted by atomic mass is 10.1. The number of amides is 2. The van der Waals surface area contributed by atoms with Crippen LogP contribution < -0.4 is 15.1 Å². The maximum absolute atomic E-state index is 12.6. The molecule has 146 valence electrons. The smallest absolute Gasteiger partial charge is 0.229 e. The third-order valence-electron chi connectivity index (χ3n) is 5.60. The second-order valence-electron chi connectivity index (χ2n) is 7.60. The Morgan fingerprint density at radius 2 is 1.75 bits per heavy atom. The predicted octanol–water partition coefficient (Wildman–Crippen LogP) is 3.29. The van der Waals surface area contributed by atoms with E-state index in [1.807, 2.05) is 19.1 Å². The first-order valence-corrected chi connectivity index (χ1v) is 9.77. The van der Waals surface area contributed by atoms with Gasteiger partial charge in [-0.1, -0.05) is 0 Å². The van der Waals surface area contributed by atoms with Crippen molar-refractivity contribution in [1.29, 1.82) is 0 Å². The molecule has 2 aliphatic rings. The van der Waals surface area contributed by atoms with Gasteiger partial charge in [0.15, 0.2) is 0 Å². The van der Waals surface area contributed by atoms with Crippen LogP contribution >= 0.6 is 0 Å². The summed E-state index contributed by atoms with van der Waals surface area (Å²) in [7, 11) is 0. The van der Waals surface area contributed by atoms with Crippen LogP contribution in [0, 0.1) is 12.8 Å². The third-order valence-corrected chi connectivity index (χ3v) is 5.60. The summed E-state index contributed by atoms with van der Waals surface area (Å²) >= 11 is 0. The number of hydrogen-bond acceptors (Lipinski definition) is 4. The van der Waals surface area contributed by atoms with Gasteiger partial charge in [0, 0.05) is 43.1 Å². The van der Waals surface area contributed by atoms with Gasteiger partial charge >= 0.3 is 0 Å². The SMILES string of the molecule is Cc1cc(O)ccc1NC(=O)C1CC(=O)N(c2ccc(N3CCCC3)cc2)C1. The van der Waals surface area contributed by atoms with Crippen LogP contribution in [0.2, 0.25) is 0 Å². The fraction of sp³-hybridized carbons (Fsp3) is 0.364. The highest BCUT2D eigenvalue weighted by Crippen LogP contribution is 2.29. The Labute approximate surface area is 164 Å². The molecule has 4 rings (SSSR count). The van der Waals surface area contributed by atoms with E-state index in [0.29, 0.717) is 12.2 Å². The summed E-state index contributed by atoms with van der Waals surface area (Å²) in [6.45, 7) is 4.37. The Morgan fingerprint density at radius 3 is 2.43 bits per heavy atom. The fourth-order valence-corrected chi connectivity index (χ4v) is 3.97. The van der Waals surface area contributed by atoms with E-state index in [-0.39, 0.29) is 29.9 Å². The number of anilines is 3. The van der Waals surface area contributed by atoms with E-state index in [4.69, 9.17) is 0 Å². The van der Waals surface area contributed by atoms with E-state index in [9.17, 15) is 14.7 Å². The summed E-state index contributed by atoms with van der Waals surface area (Å²) < 4.78 is 0. The third kappa shape index (κ3) is 3.67. The molecule has 2 aromatic carbocycles. The van der Waals surface area contributed by atoms with E-state index in [2.05, 4.69) is 22.3 Å². The minimum absolute atomic E-state index is 0.0310. The van der Waals surface area contributed by atoms with Gasteiger partial charge in [0.1, 0.15) is 5.75 Å². The largest absolute Gasteiger partial charge is 0.508 e. The summed E-state index contributed by atoms with van der Waals surface area (Å²) in [5.41, 5.74) is 3.46.